The number of anilines is 1. The predicted octanol–water partition coefficient (Wildman–Crippen LogP) is 3.83. The monoisotopic (exact) mass is 336 g/mol. The van der Waals surface area contributed by atoms with Gasteiger partial charge in [0.25, 0.3) is 5.89 Å². The molecule has 0 aliphatic carbocycles. The lowest BCUT2D eigenvalue weighted by molar-refractivity contribution is -0.116. The number of aromatic nitrogens is 3. The zero-order chi connectivity index (χ0) is 17.6. The van der Waals surface area contributed by atoms with Crippen molar-refractivity contribution in [2.75, 3.05) is 5.32 Å². The highest BCUT2D eigenvalue weighted by Crippen LogP contribution is 2.18. The molecule has 0 aliphatic rings. The Hall–Kier alpha value is -3.02. The Balaban J connectivity index is 1.53. The molecule has 6 heteroatoms. The molecule has 3 aromatic rings. The normalized spacial score (nSPS) is 10.8. The minimum atomic E-state index is -0.0881. The summed E-state index contributed by atoms with van der Waals surface area (Å²) in [6, 6.07) is 13.3. The molecular formula is C19H20N4O2. The number of aryl methyl sites for hydroxylation is 1. The smallest absolute Gasteiger partial charge is 0.266 e. The van der Waals surface area contributed by atoms with E-state index in [1.54, 1.807) is 12.3 Å². The van der Waals surface area contributed by atoms with E-state index in [0.717, 1.165) is 5.69 Å². The second-order valence-electron chi connectivity index (χ2n) is 6.04. The van der Waals surface area contributed by atoms with Crippen LogP contribution in [0.3, 0.4) is 0 Å². The number of nitrogens with zero attached hydrogens (tertiary/aromatic N) is 3. The minimum absolute atomic E-state index is 0.0881. The second kappa shape index (κ2) is 7.70. The standard InChI is InChI=1S/C19H20N4O2/c1-13(2)14-6-8-15(9-7-14)21-17(24)10-11-18-22-23-19(25-18)16-5-3-4-12-20-16/h3-9,12-13H,10-11H2,1-2H3,(H,21,24). The maximum absolute atomic E-state index is 12.1. The van der Waals surface area contributed by atoms with E-state index in [9.17, 15) is 4.79 Å². The van der Waals surface area contributed by atoms with E-state index in [1.165, 1.54) is 5.56 Å². The van der Waals surface area contributed by atoms with Gasteiger partial charge in [-0.3, -0.25) is 9.78 Å². The van der Waals surface area contributed by atoms with Crippen LogP contribution in [-0.2, 0) is 11.2 Å². The Morgan fingerprint density at radius 2 is 1.92 bits per heavy atom. The number of pyridine rings is 1. The Bertz CT molecular complexity index is 826. The summed E-state index contributed by atoms with van der Waals surface area (Å²) in [7, 11) is 0. The van der Waals surface area contributed by atoms with Crippen LogP contribution in [0.25, 0.3) is 11.6 Å². The first kappa shape index (κ1) is 16.8. The van der Waals surface area contributed by atoms with E-state index in [2.05, 4.69) is 34.3 Å². The largest absolute Gasteiger partial charge is 0.419 e. The van der Waals surface area contributed by atoms with Crippen molar-refractivity contribution in [1.82, 2.24) is 15.2 Å². The number of amides is 1. The zero-order valence-electron chi connectivity index (χ0n) is 14.3. The molecule has 0 bridgehead atoms. The van der Waals surface area contributed by atoms with Gasteiger partial charge in [0.2, 0.25) is 11.8 Å². The summed E-state index contributed by atoms with van der Waals surface area (Å²) in [6.07, 6.45) is 2.32. The predicted molar refractivity (Wildman–Crippen MR) is 95.0 cm³/mol. The van der Waals surface area contributed by atoms with Crippen molar-refractivity contribution in [1.29, 1.82) is 0 Å². The highest BCUT2D eigenvalue weighted by Gasteiger charge is 2.11. The molecular weight excluding hydrogens is 316 g/mol. The molecule has 1 amide bonds. The first-order valence-corrected chi connectivity index (χ1v) is 8.25. The number of rotatable bonds is 6. The molecule has 0 saturated carbocycles. The van der Waals surface area contributed by atoms with Gasteiger partial charge in [0, 0.05) is 24.7 Å². The molecule has 0 unspecified atom stereocenters. The topological polar surface area (TPSA) is 80.9 Å². The van der Waals surface area contributed by atoms with Crippen molar-refractivity contribution >= 4 is 11.6 Å². The molecule has 3 rings (SSSR count). The third-order valence-corrected chi connectivity index (χ3v) is 3.78. The summed E-state index contributed by atoms with van der Waals surface area (Å²) in [5, 5.41) is 10.8. The third-order valence-electron chi connectivity index (χ3n) is 3.78. The average molecular weight is 336 g/mol. The zero-order valence-corrected chi connectivity index (χ0v) is 14.3. The quantitative estimate of drug-likeness (QED) is 0.740. The molecule has 0 saturated heterocycles. The molecule has 2 aromatic heterocycles. The van der Waals surface area contributed by atoms with E-state index in [4.69, 9.17) is 4.42 Å². The Labute approximate surface area is 146 Å². The fourth-order valence-electron chi connectivity index (χ4n) is 2.34. The van der Waals surface area contributed by atoms with Crippen LogP contribution in [0.2, 0.25) is 0 Å². The van der Waals surface area contributed by atoms with E-state index < -0.39 is 0 Å². The molecule has 0 atom stereocenters. The number of benzene rings is 1. The van der Waals surface area contributed by atoms with E-state index >= 15 is 0 Å². The van der Waals surface area contributed by atoms with Crippen molar-refractivity contribution in [2.24, 2.45) is 0 Å². The summed E-state index contributed by atoms with van der Waals surface area (Å²) in [6.45, 7) is 4.27. The third kappa shape index (κ3) is 4.50. The van der Waals surface area contributed by atoms with E-state index in [0.29, 0.717) is 29.8 Å². The van der Waals surface area contributed by atoms with Crippen molar-refractivity contribution in [3.8, 4) is 11.6 Å². The summed E-state index contributed by atoms with van der Waals surface area (Å²) >= 11 is 0. The van der Waals surface area contributed by atoms with Gasteiger partial charge in [-0.1, -0.05) is 32.0 Å². The van der Waals surface area contributed by atoms with Gasteiger partial charge in [0.15, 0.2) is 0 Å². The van der Waals surface area contributed by atoms with Gasteiger partial charge in [0.1, 0.15) is 5.69 Å². The van der Waals surface area contributed by atoms with Gasteiger partial charge in [0.05, 0.1) is 0 Å². The summed E-state index contributed by atoms with van der Waals surface area (Å²) in [5.41, 5.74) is 2.65. The molecule has 128 valence electrons. The Kier molecular flexibility index (Phi) is 5.18. The minimum Gasteiger partial charge on any atom is -0.419 e. The van der Waals surface area contributed by atoms with Gasteiger partial charge >= 0.3 is 0 Å². The fraction of sp³-hybridized carbons (Fsp3) is 0.263. The lowest BCUT2D eigenvalue weighted by Crippen LogP contribution is -2.12. The highest BCUT2D eigenvalue weighted by atomic mass is 16.4. The Morgan fingerprint density at radius 3 is 2.60 bits per heavy atom. The molecule has 25 heavy (non-hydrogen) atoms. The van der Waals surface area contributed by atoms with Crippen molar-refractivity contribution in [3.05, 3.63) is 60.1 Å². The molecule has 6 nitrogen and oxygen atoms in total. The Morgan fingerprint density at radius 1 is 1.12 bits per heavy atom. The number of carbonyl (C=O) groups is 1. The van der Waals surface area contributed by atoms with Gasteiger partial charge in [-0.05, 0) is 35.7 Å². The van der Waals surface area contributed by atoms with Crippen molar-refractivity contribution < 1.29 is 9.21 Å². The summed E-state index contributed by atoms with van der Waals surface area (Å²) in [4.78, 5) is 16.2. The number of nitrogens with one attached hydrogen (secondary N) is 1. The van der Waals surface area contributed by atoms with Crippen LogP contribution in [0.1, 0.15) is 37.6 Å². The van der Waals surface area contributed by atoms with Crippen LogP contribution >= 0.6 is 0 Å². The summed E-state index contributed by atoms with van der Waals surface area (Å²) in [5.74, 6) is 1.16. The van der Waals surface area contributed by atoms with E-state index in [1.807, 2.05) is 36.4 Å². The first-order valence-electron chi connectivity index (χ1n) is 8.25. The maximum Gasteiger partial charge on any atom is 0.266 e. The average Bonchev–Trinajstić information content (AvgIpc) is 3.10. The molecule has 0 fully saturated rings. The number of hydrogen-bond donors (Lipinski definition) is 1. The van der Waals surface area contributed by atoms with Crippen LogP contribution in [0, 0.1) is 0 Å². The van der Waals surface area contributed by atoms with E-state index in [-0.39, 0.29) is 12.3 Å². The van der Waals surface area contributed by atoms with Crippen molar-refractivity contribution in [2.45, 2.75) is 32.6 Å². The molecule has 0 radical (unpaired) electrons. The molecule has 0 aliphatic heterocycles. The van der Waals surface area contributed by atoms with Crippen LogP contribution in [0.5, 0.6) is 0 Å². The van der Waals surface area contributed by atoms with Crippen LogP contribution in [0.15, 0.2) is 53.1 Å². The van der Waals surface area contributed by atoms with Gasteiger partial charge in [-0.25, -0.2) is 0 Å². The van der Waals surface area contributed by atoms with Gasteiger partial charge in [-0.15, -0.1) is 10.2 Å². The van der Waals surface area contributed by atoms with Gasteiger partial charge < -0.3 is 9.73 Å². The number of hydrogen-bond acceptors (Lipinski definition) is 5. The van der Waals surface area contributed by atoms with Gasteiger partial charge in [-0.2, -0.15) is 0 Å². The SMILES string of the molecule is CC(C)c1ccc(NC(=O)CCc2nnc(-c3ccccn3)o2)cc1. The first-order chi connectivity index (χ1) is 12.1. The molecule has 0 spiro atoms. The lowest BCUT2D eigenvalue weighted by Gasteiger charge is -2.08. The highest BCUT2D eigenvalue weighted by molar-refractivity contribution is 5.90. The molecule has 1 aromatic carbocycles. The van der Waals surface area contributed by atoms with Crippen LogP contribution < -0.4 is 5.32 Å². The van der Waals surface area contributed by atoms with Crippen LogP contribution in [0.4, 0.5) is 5.69 Å². The number of carbonyl (C=O) groups excluding carboxylic acids is 1. The van der Waals surface area contributed by atoms with Crippen molar-refractivity contribution in [3.63, 3.8) is 0 Å². The van der Waals surface area contributed by atoms with Crippen LogP contribution in [-0.4, -0.2) is 21.1 Å². The second-order valence-corrected chi connectivity index (χ2v) is 6.04. The fourth-order valence-corrected chi connectivity index (χ4v) is 2.34. The summed E-state index contributed by atoms with van der Waals surface area (Å²) < 4.78 is 5.55. The lowest BCUT2D eigenvalue weighted by atomic mass is 10.0. The molecule has 2 heterocycles. The maximum atomic E-state index is 12.1. The molecule has 1 N–H and O–H groups in total.